The molecule has 0 aliphatic carbocycles. The molecule has 0 aromatic heterocycles. The second-order valence-corrected chi connectivity index (χ2v) is 4.32. The van der Waals surface area contributed by atoms with Crippen LogP contribution in [0.2, 0.25) is 0 Å². The topological polar surface area (TPSA) is 49.3 Å². The number of amides is 1. The second kappa shape index (κ2) is 5.41. The molecule has 82 valence electrons. The van der Waals surface area contributed by atoms with E-state index < -0.39 is 11.7 Å². The molecule has 0 bridgehead atoms. The van der Waals surface area contributed by atoms with Crippen LogP contribution in [0.5, 0.6) is 0 Å². The molecule has 0 fully saturated rings. The van der Waals surface area contributed by atoms with Crippen LogP contribution in [0.1, 0.15) is 17.3 Å². The molecule has 1 aromatic rings. The number of hydrogen-bond acceptors (Lipinski definition) is 2. The molecule has 3 nitrogen and oxygen atoms in total. The highest BCUT2D eigenvalue weighted by Gasteiger charge is 2.16. The average Bonchev–Trinajstić information content (AvgIpc) is 2.17. The minimum absolute atomic E-state index is 0.0263. The standard InChI is InChI=1S/C10H11FINO2/c1-6(5-14)13-10(15)9-7(11)3-2-4-8(9)12/h2-4,6,14H,5H2,1H3,(H,13,15). The molecule has 0 radical (unpaired) electrons. The fraction of sp³-hybridized carbons (Fsp3) is 0.300. The summed E-state index contributed by atoms with van der Waals surface area (Å²) in [5, 5.41) is 11.3. The van der Waals surface area contributed by atoms with E-state index in [1.54, 1.807) is 19.1 Å². The van der Waals surface area contributed by atoms with Gasteiger partial charge in [0.15, 0.2) is 0 Å². The predicted molar refractivity (Wildman–Crippen MR) is 63.1 cm³/mol. The zero-order valence-electron chi connectivity index (χ0n) is 8.13. The van der Waals surface area contributed by atoms with Gasteiger partial charge in [-0.15, -0.1) is 0 Å². The van der Waals surface area contributed by atoms with Gasteiger partial charge in [0.05, 0.1) is 12.2 Å². The first-order chi connectivity index (χ1) is 7.06. The number of nitrogens with one attached hydrogen (secondary N) is 1. The Hall–Kier alpha value is -0.690. The van der Waals surface area contributed by atoms with Crippen LogP contribution < -0.4 is 5.32 Å². The highest BCUT2D eigenvalue weighted by molar-refractivity contribution is 14.1. The summed E-state index contributed by atoms with van der Waals surface area (Å²) < 4.78 is 13.9. The lowest BCUT2D eigenvalue weighted by molar-refractivity contribution is 0.0917. The van der Waals surface area contributed by atoms with E-state index >= 15 is 0 Å². The Labute approximate surface area is 101 Å². The van der Waals surface area contributed by atoms with Crippen LogP contribution in [0.3, 0.4) is 0 Å². The van der Waals surface area contributed by atoms with E-state index in [9.17, 15) is 9.18 Å². The molecular weight excluding hydrogens is 312 g/mol. The number of halogens is 2. The van der Waals surface area contributed by atoms with Crippen molar-refractivity contribution < 1.29 is 14.3 Å². The Bertz CT molecular complexity index is 350. The zero-order chi connectivity index (χ0) is 11.4. The Balaban J connectivity index is 2.91. The van der Waals surface area contributed by atoms with Gasteiger partial charge in [-0.2, -0.15) is 0 Å². The first kappa shape index (κ1) is 12.4. The van der Waals surface area contributed by atoms with E-state index in [1.807, 2.05) is 22.6 Å². The normalized spacial score (nSPS) is 12.3. The van der Waals surface area contributed by atoms with Crippen molar-refractivity contribution in [3.8, 4) is 0 Å². The summed E-state index contributed by atoms with van der Waals surface area (Å²) >= 11 is 1.90. The van der Waals surface area contributed by atoms with Gasteiger partial charge in [-0.3, -0.25) is 4.79 Å². The highest BCUT2D eigenvalue weighted by Crippen LogP contribution is 2.15. The summed E-state index contributed by atoms with van der Waals surface area (Å²) in [4.78, 5) is 11.6. The third kappa shape index (κ3) is 3.13. The van der Waals surface area contributed by atoms with E-state index in [4.69, 9.17) is 5.11 Å². The first-order valence-corrected chi connectivity index (χ1v) is 5.50. The quantitative estimate of drug-likeness (QED) is 0.829. The molecule has 1 unspecified atom stereocenters. The highest BCUT2D eigenvalue weighted by atomic mass is 127. The lowest BCUT2D eigenvalue weighted by Crippen LogP contribution is -2.35. The smallest absolute Gasteiger partial charge is 0.255 e. The first-order valence-electron chi connectivity index (χ1n) is 4.42. The van der Waals surface area contributed by atoms with Crippen LogP contribution in [0.4, 0.5) is 4.39 Å². The Morgan fingerprint density at radius 1 is 1.67 bits per heavy atom. The minimum Gasteiger partial charge on any atom is -0.394 e. The van der Waals surface area contributed by atoms with Crippen LogP contribution in [-0.2, 0) is 0 Å². The number of aliphatic hydroxyl groups is 1. The van der Waals surface area contributed by atoms with E-state index in [0.29, 0.717) is 3.57 Å². The molecule has 15 heavy (non-hydrogen) atoms. The summed E-state index contributed by atoms with van der Waals surface area (Å²) in [7, 11) is 0. The largest absolute Gasteiger partial charge is 0.394 e. The number of carbonyl (C=O) groups is 1. The summed E-state index contributed by atoms with van der Waals surface area (Å²) in [5.41, 5.74) is 0.0263. The van der Waals surface area contributed by atoms with Gasteiger partial charge in [0.1, 0.15) is 5.82 Å². The molecule has 0 spiro atoms. The van der Waals surface area contributed by atoms with E-state index in [-0.39, 0.29) is 18.2 Å². The van der Waals surface area contributed by atoms with Gasteiger partial charge in [-0.1, -0.05) is 6.07 Å². The van der Waals surface area contributed by atoms with Crippen molar-refractivity contribution in [3.63, 3.8) is 0 Å². The third-order valence-electron chi connectivity index (χ3n) is 1.84. The number of carbonyl (C=O) groups excluding carboxylic acids is 1. The molecular formula is C10H11FINO2. The molecule has 1 atom stereocenters. The second-order valence-electron chi connectivity index (χ2n) is 3.15. The fourth-order valence-electron chi connectivity index (χ4n) is 1.06. The van der Waals surface area contributed by atoms with Crippen LogP contribution in [0.25, 0.3) is 0 Å². The lowest BCUT2D eigenvalue weighted by Gasteiger charge is -2.12. The Kier molecular flexibility index (Phi) is 4.46. The van der Waals surface area contributed by atoms with Gasteiger partial charge in [0.2, 0.25) is 0 Å². The van der Waals surface area contributed by atoms with Gasteiger partial charge in [0.25, 0.3) is 5.91 Å². The van der Waals surface area contributed by atoms with Crippen molar-refractivity contribution >= 4 is 28.5 Å². The lowest BCUT2D eigenvalue weighted by atomic mass is 10.2. The molecule has 2 N–H and O–H groups in total. The molecule has 1 amide bonds. The monoisotopic (exact) mass is 323 g/mol. The van der Waals surface area contributed by atoms with E-state index in [1.165, 1.54) is 6.07 Å². The third-order valence-corrected chi connectivity index (χ3v) is 2.74. The van der Waals surface area contributed by atoms with Gasteiger partial charge < -0.3 is 10.4 Å². The maximum atomic E-state index is 13.3. The number of hydrogen-bond donors (Lipinski definition) is 2. The average molecular weight is 323 g/mol. The van der Waals surface area contributed by atoms with Crippen LogP contribution in [0.15, 0.2) is 18.2 Å². The molecule has 5 heteroatoms. The predicted octanol–water partition coefficient (Wildman–Crippen LogP) is 1.54. The molecule has 1 rings (SSSR count). The Morgan fingerprint density at radius 2 is 2.33 bits per heavy atom. The van der Waals surface area contributed by atoms with E-state index in [2.05, 4.69) is 5.32 Å². The molecule has 0 aliphatic heterocycles. The van der Waals surface area contributed by atoms with Crippen molar-refractivity contribution in [2.24, 2.45) is 0 Å². The summed E-state index contributed by atoms with van der Waals surface area (Å²) in [6.07, 6.45) is 0. The van der Waals surface area contributed by atoms with Crippen LogP contribution in [-0.4, -0.2) is 23.7 Å². The van der Waals surface area contributed by atoms with Gasteiger partial charge in [-0.05, 0) is 41.6 Å². The maximum Gasteiger partial charge on any atom is 0.255 e. The molecule has 1 aromatic carbocycles. The maximum absolute atomic E-state index is 13.3. The Morgan fingerprint density at radius 3 is 2.87 bits per heavy atom. The number of rotatable bonds is 3. The summed E-state index contributed by atoms with van der Waals surface area (Å²) in [6.45, 7) is 1.47. The van der Waals surface area contributed by atoms with E-state index in [0.717, 1.165) is 0 Å². The molecule has 0 aliphatic rings. The SMILES string of the molecule is CC(CO)NC(=O)c1c(F)cccc1I. The molecule has 0 saturated carbocycles. The fourth-order valence-corrected chi connectivity index (χ4v) is 1.77. The van der Waals surface area contributed by atoms with Crippen molar-refractivity contribution in [3.05, 3.63) is 33.1 Å². The summed E-state index contributed by atoms with van der Waals surface area (Å²) in [6, 6.07) is 4.06. The van der Waals surface area contributed by atoms with Crippen LogP contribution in [0, 0.1) is 9.39 Å². The van der Waals surface area contributed by atoms with Crippen molar-refractivity contribution in [1.29, 1.82) is 0 Å². The van der Waals surface area contributed by atoms with Gasteiger partial charge in [-0.25, -0.2) is 4.39 Å². The minimum atomic E-state index is -0.551. The summed E-state index contributed by atoms with van der Waals surface area (Å²) in [5.74, 6) is -1.05. The van der Waals surface area contributed by atoms with Crippen molar-refractivity contribution in [1.82, 2.24) is 5.32 Å². The number of benzene rings is 1. The van der Waals surface area contributed by atoms with Crippen LogP contribution >= 0.6 is 22.6 Å². The molecule has 0 heterocycles. The zero-order valence-corrected chi connectivity index (χ0v) is 10.3. The van der Waals surface area contributed by atoms with Crippen molar-refractivity contribution in [2.75, 3.05) is 6.61 Å². The number of aliphatic hydroxyl groups excluding tert-OH is 1. The molecule has 0 saturated heterocycles. The van der Waals surface area contributed by atoms with Gasteiger partial charge in [0, 0.05) is 9.61 Å². The van der Waals surface area contributed by atoms with Gasteiger partial charge >= 0.3 is 0 Å². The van der Waals surface area contributed by atoms with Crippen molar-refractivity contribution in [2.45, 2.75) is 13.0 Å².